The van der Waals surface area contributed by atoms with Gasteiger partial charge in [0.15, 0.2) is 0 Å². The monoisotopic (exact) mass is 258 g/mol. The highest BCUT2D eigenvalue weighted by molar-refractivity contribution is 7.98. The van der Waals surface area contributed by atoms with Crippen LogP contribution < -0.4 is 11.1 Å². The summed E-state index contributed by atoms with van der Waals surface area (Å²) in [5, 5.41) is 2.99. The molecule has 0 unspecified atom stereocenters. The number of rotatable bonds is 8. The van der Waals surface area contributed by atoms with Gasteiger partial charge >= 0.3 is 0 Å². The Labute approximate surface area is 109 Å². The fourth-order valence-corrected chi connectivity index (χ4v) is 2.83. The lowest BCUT2D eigenvalue weighted by Crippen LogP contribution is -2.52. The Bertz CT molecular complexity index is 227. The number of carbonyl (C=O) groups is 1. The zero-order valence-corrected chi connectivity index (χ0v) is 11.8. The van der Waals surface area contributed by atoms with Crippen molar-refractivity contribution in [1.29, 1.82) is 0 Å². The first kappa shape index (κ1) is 14.8. The van der Waals surface area contributed by atoms with Gasteiger partial charge in [-0.05, 0) is 37.7 Å². The van der Waals surface area contributed by atoms with Gasteiger partial charge in [0.25, 0.3) is 0 Å². The molecule has 3 N–H and O–H groups in total. The van der Waals surface area contributed by atoms with Crippen molar-refractivity contribution < 1.29 is 4.79 Å². The summed E-state index contributed by atoms with van der Waals surface area (Å²) in [4.78, 5) is 11.9. The van der Waals surface area contributed by atoms with E-state index in [-0.39, 0.29) is 5.91 Å². The van der Waals surface area contributed by atoms with E-state index in [0.717, 1.165) is 38.6 Å². The van der Waals surface area contributed by atoms with E-state index in [1.807, 2.05) is 11.8 Å². The van der Waals surface area contributed by atoms with Gasteiger partial charge in [-0.3, -0.25) is 4.79 Å². The van der Waals surface area contributed by atoms with Crippen LogP contribution in [-0.2, 0) is 4.79 Å². The molecular formula is C13H26N2OS. The molecule has 1 fully saturated rings. The number of nitrogens with one attached hydrogen (secondary N) is 1. The number of thioether (sulfide) groups is 1. The molecule has 0 saturated heterocycles. The lowest BCUT2D eigenvalue weighted by Gasteiger charge is -2.22. The molecule has 1 amide bonds. The summed E-state index contributed by atoms with van der Waals surface area (Å²) in [6.45, 7) is 0.789. The molecule has 100 valence electrons. The van der Waals surface area contributed by atoms with Crippen LogP contribution in [0.2, 0.25) is 0 Å². The third kappa shape index (κ3) is 5.30. The van der Waals surface area contributed by atoms with Gasteiger partial charge in [0.1, 0.15) is 0 Å². The average molecular weight is 258 g/mol. The largest absolute Gasteiger partial charge is 0.355 e. The van der Waals surface area contributed by atoms with Crippen LogP contribution in [0, 0.1) is 0 Å². The average Bonchev–Trinajstić information content (AvgIpc) is 2.76. The summed E-state index contributed by atoms with van der Waals surface area (Å²) in [5.74, 6) is 1.32. The van der Waals surface area contributed by atoms with Gasteiger partial charge in [-0.1, -0.05) is 25.7 Å². The number of hydrogen-bond donors (Lipinski definition) is 2. The molecule has 1 aliphatic rings. The summed E-state index contributed by atoms with van der Waals surface area (Å²) < 4.78 is 0. The van der Waals surface area contributed by atoms with Crippen LogP contribution in [0.4, 0.5) is 0 Å². The number of unbranched alkanes of at least 4 members (excludes halogenated alkanes) is 3. The van der Waals surface area contributed by atoms with E-state index in [0.29, 0.717) is 0 Å². The van der Waals surface area contributed by atoms with E-state index in [2.05, 4.69) is 11.6 Å². The van der Waals surface area contributed by atoms with E-state index >= 15 is 0 Å². The Balaban J connectivity index is 2.00. The van der Waals surface area contributed by atoms with Crippen LogP contribution in [0.5, 0.6) is 0 Å². The lowest BCUT2D eigenvalue weighted by atomic mass is 9.98. The van der Waals surface area contributed by atoms with E-state index in [1.165, 1.54) is 25.0 Å². The highest BCUT2D eigenvalue weighted by atomic mass is 32.2. The highest BCUT2D eigenvalue weighted by Crippen LogP contribution is 2.27. The van der Waals surface area contributed by atoms with Crippen LogP contribution in [-0.4, -0.2) is 30.0 Å². The first-order chi connectivity index (χ1) is 8.19. The van der Waals surface area contributed by atoms with Crippen LogP contribution in [0.3, 0.4) is 0 Å². The number of amides is 1. The topological polar surface area (TPSA) is 55.1 Å². The molecule has 3 nitrogen and oxygen atoms in total. The number of nitrogens with two attached hydrogens (primary N) is 1. The lowest BCUT2D eigenvalue weighted by molar-refractivity contribution is -0.126. The van der Waals surface area contributed by atoms with Gasteiger partial charge < -0.3 is 11.1 Å². The van der Waals surface area contributed by atoms with E-state index in [9.17, 15) is 4.79 Å². The molecule has 0 aromatic rings. The van der Waals surface area contributed by atoms with Gasteiger partial charge in [-0.15, -0.1) is 0 Å². The molecule has 0 aromatic carbocycles. The fourth-order valence-electron chi connectivity index (χ4n) is 2.34. The minimum atomic E-state index is -0.557. The predicted molar refractivity (Wildman–Crippen MR) is 75.2 cm³/mol. The fraction of sp³-hybridized carbons (Fsp3) is 0.923. The third-order valence-corrected chi connectivity index (χ3v) is 4.21. The summed E-state index contributed by atoms with van der Waals surface area (Å²) in [6, 6.07) is 0. The molecule has 0 spiro atoms. The molecule has 0 radical (unpaired) electrons. The van der Waals surface area contributed by atoms with E-state index in [4.69, 9.17) is 5.73 Å². The van der Waals surface area contributed by atoms with Crippen molar-refractivity contribution in [3.8, 4) is 0 Å². The van der Waals surface area contributed by atoms with Crippen molar-refractivity contribution in [2.24, 2.45) is 5.73 Å². The number of carbonyl (C=O) groups excluding carboxylic acids is 1. The first-order valence-corrected chi connectivity index (χ1v) is 8.14. The normalized spacial score (nSPS) is 18.2. The summed E-state index contributed by atoms with van der Waals surface area (Å²) in [7, 11) is 0. The Morgan fingerprint density at radius 2 is 1.88 bits per heavy atom. The molecule has 0 heterocycles. The van der Waals surface area contributed by atoms with Crippen molar-refractivity contribution in [3.05, 3.63) is 0 Å². The Hall–Kier alpha value is -0.220. The molecule has 0 bridgehead atoms. The maximum absolute atomic E-state index is 11.9. The molecular weight excluding hydrogens is 232 g/mol. The van der Waals surface area contributed by atoms with Gasteiger partial charge in [0, 0.05) is 6.54 Å². The Morgan fingerprint density at radius 1 is 1.24 bits per heavy atom. The van der Waals surface area contributed by atoms with Crippen LogP contribution in [0.15, 0.2) is 0 Å². The van der Waals surface area contributed by atoms with Crippen molar-refractivity contribution in [2.45, 2.75) is 56.9 Å². The first-order valence-electron chi connectivity index (χ1n) is 6.75. The van der Waals surface area contributed by atoms with Crippen LogP contribution in [0.25, 0.3) is 0 Å². The van der Waals surface area contributed by atoms with Crippen molar-refractivity contribution >= 4 is 17.7 Å². The standard InChI is InChI=1S/C13H26N2OS/c1-17-11-7-3-2-6-10-15-12(16)13(14)8-4-5-9-13/h2-11,14H2,1H3,(H,15,16). The predicted octanol–water partition coefficient (Wildman–Crippen LogP) is 2.30. The molecule has 1 rings (SSSR count). The second kappa shape index (κ2) is 7.98. The van der Waals surface area contributed by atoms with Crippen LogP contribution >= 0.6 is 11.8 Å². The maximum Gasteiger partial charge on any atom is 0.240 e. The van der Waals surface area contributed by atoms with Crippen molar-refractivity contribution in [1.82, 2.24) is 5.32 Å². The zero-order chi connectivity index (χ0) is 12.6. The second-order valence-corrected chi connectivity index (χ2v) is 6.01. The molecule has 17 heavy (non-hydrogen) atoms. The number of hydrogen-bond acceptors (Lipinski definition) is 3. The van der Waals surface area contributed by atoms with Crippen molar-refractivity contribution in [3.63, 3.8) is 0 Å². The molecule has 1 aliphatic carbocycles. The van der Waals surface area contributed by atoms with E-state index < -0.39 is 5.54 Å². The SMILES string of the molecule is CSCCCCCCNC(=O)C1(N)CCCC1. The highest BCUT2D eigenvalue weighted by Gasteiger charge is 2.36. The molecule has 4 heteroatoms. The summed E-state index contributed by atoms with van der Waals surface area (Å²) in [6.07, 6.45) is 10.9. The summed E-state index contributed by atoms with van der Waals surface area (Å²) >= 11 is 1.90. The smallest absolute Gasteiger partial charge is 0.240 e. The zero-order valence-electron chi connectivity index (χ0n) is 11.0. The van der Waals surface area contributed by atoms with Crippen molar-refractivity contribution in [2.75, 3.05) is 18.6 Å². The molecule has 0 atom stereocenters. The minimum Gasteiger partial charge on any atom is -0.355 e. The van der Waals surface area contributed by atoms with Crippen LogP contribution in [0.1, 0.15) is 51.4 Å². The molecule has 0 aliphatic heterocycles. The quantitative estimate of drug-likeness (QED) is 0.657. The van der Waals surface area contributed by atoms with Gasteiger partial charge in [0.2, 0.25) is 5.91 Å². The van der Waals surface area contributed by atoms with Gasteiger partial charge in [-0.25, -0.2) is 0 Å². The van der Waals surface area contributed by atoms with Gasteiger partial charge in [0.05, 0.1) is 5.54 Å². The molecule has 1 saturated carbocycles. The second-order valence-electron chi connectivity index (χ2n) is 5.03. The van der Waals surface area contributed by atoms with Gasteiger partial charge in [-0.2, -0.15) is 11.8 Å². The third-order valence-electron chi connectivity index (χ3n) is 3.51. The molecule has 0 aromatic heterocycles. The minimum absolute atomic E-state index is 0.0686. The Morgan fingerprint density at radius 3 is 2.53 bits per heavy atom. The maximum atomic E-state index is 11.9. The summed E-state index contributed by atoms with van der Waals surface area (Å²) in [5.41, 5.74) is 5.51. The van der Waals surface area contributed by atoms with E-state index in [1.54, 1.807) is 0 Å². The Kier molecular flexibility index (Phi) is 6.97.